The maximum Gasteiger partial charge on any atom is 0.315 e. The summed E-state index contributed by atoms with van der Waals surface area (Å²) < 4.78 is 0. The Balaban J connectivity index is 1.72. The molecule has 0 radical (unpaired) electrons. The molecule has 23 heavy (non-hydrogen) atoms. The molecule has 1 unspecified atom stereocenters. The lowest BCUT2D eigenvalue weighted by atomic mass is 10.0. The predicted molar refractivity (Wildman–Crippen MR) is 88.0 cm³/mol. The van der Waals surface area contributed by atoms with E-state index in [-0.39, 0.29) is 18.6 Å². The number of hydrogen-bond donors (Lipinski definition) is 3. The van der Waals surface area contributed by atoms with Gasteiger partial charge < -0.3 is 15.7 Å². The Bertz CT molecular complexity index is 607. The van der Waals surface area contributed by atoms with E-state index in [1.54, 1.807) is 24.5 Å². The molecule has 2 aromatic heterocycles. The first kappa shape index (κ1) is 17.2. The number of nitrogens with zero attached hydrogens (tertiary/aromatic N) is 2. The fourth-order valence-electron chi connectivity index (χ4n) is 2.01. The minimum atomic E-state index is -0.292. The standard InChI is InChI=1S/C16H19ClN4O2/c17-15-5-4-12(8-19-15)9-20-16(23)21-10-13(11-22)7-14-3-1-2-6-18-14/h1-6,8,13,22H,7,9-11H2,(H2,20,21,23). The molecule has 0 aliphatic carbocycles. The molecule has 3 N–H and O–H groups in total. The zero-order valence-electron chi connectivity index (χ0n) is 12.6. The first-order chi connectivity index (χ1) is 11.2. The second kappa shape index (κ2) is 9.07. The van der Waals surface area contributed by atoms with E-state index >= 15 is 0 Å². The fraction of sp³-hybridized carbons (Fsp3) is 0.312. The Kier molecular flexibility index (Phi) is 6.77. The van der Waals surface area contributed by atoms with Gasteiger partial charge in [0.2, 0.25) is 0 Å². The third-order valence-electron chi connectivity index (χ3n) is 3.28. The second-order valence-corrected chi connectivity index (χ2v) is 5.51. The van der Waals surface area contributed by atoms with Crippen LogP contribution in [-0.4, -0.2) is 34.3 Å². The van der Waals surface area contributed by atoms with E-state index in [9.17, 15) is 9.90 Å². The zero-order chi connectivity index (χ0) is 16.5. The van der Waals surface area contributed by atoms with Gasteiger partial charge in [-0.2, -0.15) is 0 Å². The molecule has 1 atom stereocenters. The van der Waals surface area contributed by atoms with Gasteiger partial charge >= 0.3 is 6.03 Å². The van der Waals surface area contributed by atoms with Gasteiger partial charge in [0.15, 0.2) is 0 Å². The Morgan fingerprint density at radius 1 is 1.22 bits per heavy atom. The smallest absolute Gasteiger partial charge is 0.315 e. The van der Waals surface area contributed by atoms with Crippen LogP contribution in [0.15, 0.2) is 42.7 Å². The number of aliphatic hydroxyl groups is 1. The van der Waals surface area contributed by atoms with Crippen LogP contribution in [0.3, 0.4) is 0 Å². The third kappa shape index (κ3) is 6.22. The van der Waals surface area contributed by atoms with Gasteiger partial charge in [-0.3, -0.25) is 4.98 Å². The summed E-state index contributed by atoms with van der Waals surface area (Å²) in [6.45, 7) is 0.718. The van der Waals surface area contributed by atoms with Crippen LogP contribution in [0.5, 0.6) is 0 Å². The van der Waals surface area contributed by atoms with Crippen molar-refractivity contribution in [2.24, 2.45) is 5.92 Å². The van der Waals surface area contributed by atoms with Crippen molar-refractivity contribution in [2.45, 2.75) is 13.0 Å². The summed E-state index contributed by atoms with van der Waals surface area (Å²) in [5.41, 5.74) is 1.75. The van der Waals surface area contributed by atoms with Crippen molar-refractivity contribution >= 4 is 17.6 Å². The Morgan fingerprint density at radius 2 is 2.09 bits per heavy atom. The summed E-state index contributed by atoms with van der Waals surface area (Å²) in [5, 5.41) is 15.3. The molecule has 0 aliphatic heterocycles. The molecule has 0 aromatic carbocycles. The number of aliphatic hydroxyl groups excluding tert-OH is 1. The number of hydrogen-bond acceptors (Lipinski definition) is 4. The van der Waals surface area contributed by atoms with Crippen LogP contribution in [0.25, 0.3) is 0 Å². The molecule has 122 valence electrons. The van der Waals surface area contributed by atoms with Gasteiger partial charge in [-0.25, -0.2) is 9.78 Å². The van der Waals surface area contributed by atoms with Crippen LogP contribution in [-0.2, 0) is 13.0 Å². The summed E-state index contributed by atoms with van der Waals surface area (Å²) in [7, 11) is 0. The molecule has 7 heteroatoms. The van der Waals surface area contributed by atoms with E-state index in [2.05, 4.69) is 20.6 Å². The molecular weight excluding hydrogens is 316 g/mol. The van der Waals surface area contributed by atoms with Crippen molar-refractivity contribution < 1.29 is 9.90 Å². The van der Waals surface area contributed by atoms with E-state index < -0.39 is 0 Å². The lowest BCUT2D eigenvalue weighted by Crippen LogP contribution is -2.39. The second-order valence-electron chi connectivity index (χ2n) is 5.13. The van der Waals surface area contributed by atoms with Crippen molar-refractivity contribution in [1.82, 2.24) is 20.6 Å². The van der Waals surface area contributed by atoms with E-state index in [4.69, 9.17) is 11.6 Å². The lowest BCUT2D eigenvalue weighted by Gasteiger charge is -2.15. The highest BCUT2D eigenvalue weighted by Gasteiger charge is 2.11. The highest BCUT2D eigenvalue weighted by Crippen LogP contribution is 2.06. The van der Waals surface area contributed by atoms with Crippen molar-refractivity contribution in [1.29, 1.82) is 0 Å². The van der Waals surface area contributed by atoms with E-state index in [1.807, 2.05) is 18.2 Å². The molecule has 0 saturated carbocycles. The number of carbonyl (C=O) groups is 1. The van der Waals surface area contributed by atoms with Gasteiger partial charge in [0, 0.05) is 43.7 Å². The number of rotatable bonds is 7. The molecule has 2 heterocycles. The molecule has 0 fully saturated rings. The van der Waals surface area contributed by atoms with Crippen LogP contribution in [0.2, 0.25) is 5.15 Å². The van der Waals surface area contributed by atoms with Gasteiger partial charge in [-0.15, -0.1) is 0 Å². The van der Waals surface area contributed by atoms with E-state index in [0.717, 1.165) is 11.3 Å². The van der Waals surface area contributed by atoms with E-state index in [0.29, 0.717) is 24.7 Å². The average Bonchev–Trinajstić information content (AvgIpc) is 2.59. The molecule has 2 aromatic rings. The maximum absolute atomic E-state index is 11.8. The van der Waals surface area contributed by atoms with Crippen LogP contribution in [0, 0.1) is 5.92 Å². The number of halogens is 1. The van der Waals surface area contributed by atoms with Crippen LogP contribution in [0.4, 0.5) is 4.79 Å². The third-order valence-corrected chi connectivity index (χ3v) is 3.50. The number of urea groups is 1. The highest BCUT2D eigenvalue weighted by atomic mass is 35.5. The Morgan fingerprint density at radius 3 is 2.74 bits per heavy atom. The molecule has 2 amide bonds. The minimum absolute atomic E-state index is 0.0159. The predicted octanol–water partition coefficient (Wildman–Crippen LogP) is 1.78. The summed E-state index contributed by atoms with van der Waals surface area (Å²) in [5.74, 6) is -0.0761. The SMILES string of the molecule is O=C(NCc1ccc(Cl)nc1)NCC(CO)Cc1ccccn1. The number of pyridine rings is 2. The molecule has 6 nitrogen and oxygen atoms in total. The van der Waals surface area contributed by atoms with Gasteiger partial charge in [0.1, 0.15) is 5.15 Å². The maximum atomic E-state index is 11.8. The summed E-state index contributed by atoms with van der Waals surface area (Å²) in [4.78, 5) is 20.0. The largest absolute Gasteiger partial charge is 0.396 e. The summed E-state index contributed by atoms with van der Waals surface area (Å²) in [6.07, 6.45) is 3.93. The number of amides is 2. The number of aromatic nitrogens is 2. The van der Waals surface area contributed by atoms with Crippen molar-refractivity contribution in [3.8, 4) is 0 Å². The van der Waals surface area contributed by atoms with Gasteiger partial charge in [0.05, 0.1) is 0 Å². The topological polar surface area (TPSA) is 87.1 Å². The minimum Gasteiger partial charge on any atom is -0.396 e. The van der Waals surface area contributed by atoms with Gasteiger partial charge in [-0.1, -0.05) is 23.7 Å². The summed E-state index contributed by atoms with van der Waals surface area (Å²) >= 11 is 5.70. The Hall–Kier alpha value is -2.18. The first-order valence-corrected chi connectivity index (χ1v) is 7.68. The number of nitrogens with one attached hydrogen (secondary N) is 2. The van der Waals surface area contributed by atoms with Crippen molar-refractivity contribution in [3.63, 3.8) is 0 Å². The zero-order valence-corrected chi connectivity index (χ0v) is 13.3. The molecule has 2 rings (SSSR count). The van der Waals surface area contributed by atoms with E-state index in [1.165, 1.54) is 0 Å². The number of carbonyl (C=O) groups excluding carboxylic acids is 1. The normalized spacial score (nSPS) is 11.7. The average molecular weight is 335 g/mol. The molecule has 0 aliphatic rings. The van der Waals surface area contributed by atoms with Gasteiger partial charge in [-0.05, 0) is 30.2 Å². The molecule has 0 bridgehead atoms. The molecular formula is C16H19ClN4O2. The fourth-order valence-corrected chi connectivity index (χ4v) is 2.12. The summed E-state index contributed by atoms with van der Waals surface area (Å²) in [6, 6.07) is 8.82. The van der Waals surface area contributed by atoms with Crippen molar-refractivity contribution in [3.05, 3.63) is 59.1 Å². The molecule has 0 spiro atoms. The highest BCUT2D eigenvalue weighted by molar-refractivity contribution is 6.29. The van der Waals surface area contributed by atoms with Gasteiger partial charge in [0.25, 0.3) is 0 Å². The Labute approximate surface area is 139 Å². The van der Waals surface area contributed by atoms with Crippen molar-refractivity contribution in [2.75, 3.05) is 13.2 Å². The first-order valence-electron chi connectivity index (χ1n) is 7.30. The van der Waals surface area contributed by atoms with Crippen LogP contribution in [0.1, 0.15) is 11.3 Å². The monoisotopic (exact) mass is 334 g/mol. The van der Waals surface area contributed by atoms with Crippen LogP contribution < -0.4 is 10.6 Å². The van der Waals surface area contributed by atoms with Crippen LogP contribution >= 0.6 is 11.6 Å². The quantitative estimate of drug-likeness (QED) is 0.674. The molecule has 0 saturated heterocycles. The lowest BCUT2D eigenvalue weighted by molar-refractivity contribution is 0.213.